The van der Waals surface area contributed by atoms with Gasteiger partial charge in [0, 0.05) is 12.5 Å². The SMILES string of the molecule is Cc1cc(C#N)ccc1C(C)(F)F. The summed E-state index contributed by atoms with van der Waals surface area (Å²) in [4.78, 5) is 0. The van der Waals surface area contributed by atoms with Crippen LogP contribution in [0.3, 0.4) is 0 Å². The fraction of sp³-hybridized carbons (Fsp3) is 0.300. The van der Waals surface area contributed by atoms with E-state index in [0.717, 1.165) is 6.92 Å². The first-order valence-corrected chi connectivity index (χ1v) is 3.84. The maximum Gasteiger partial charge on any atom is 0.270 e. The largest absolute Gasteiger partial charge is 0.270 e. The Bertz CT molecular complexity index is 358. The van der Waals surface area contributed by atoms with Crippen molar-refractivity contribution >= 4 is 0 Å². The smallest absolute Gasteiger partial charge is 0.202 e. The Balaban J connectivity index is 3.23. The molecule has 0 aliphatic heterocycles. The van der Waals surface area contributed by atoms with Crippen molar-refractivity contribution in [3.8, 4) is 6.07 Å². The van der Waals surface area contributed by atoms with Gasteiger partial charge in [-0.1, -0.05) is 6.07 Å². The molecule has 1 nitrogen and oxygen atoms in total. The van der Waals surface area contributed by atoms with Crippen molar-refractivity contribution in [3.05, 3.63) is 34.9 Å². The lowest BCUT2D eigenvalue weighted by Crippen LogP contribution is -2.09. The third kappa shape index (κ3) is 2.03. The molecule has 0 N–H and O–H groups in total. The monoisotopic (exact) mass is 181 g/mol. The number of hydrogen-bond donors (Lipinski definition) is 0. The Morgan fingerprint density at radius 3 is 2.38 bits per heavy atom. The first-order valence-electron chi connectivity index (χ1n) is 3.84. The molecular weight excluding hydrogens is 172 g/mol. The second-order valence-electron chi connectivity index (χ2n) is 3.03. The zero-order chi connectivity index (χ0) is 10.1. The summed E-state index contributed by atoms with van der Waals surface area (Å²) in [5, 5.41) is 8.52. The van der Waals surface area contributed by atoms with Gasteiger partial charge in [0.1, 0.15) is 0 Å². The van der Waals surface area contributed by atoms with Crippen LogP contribution in [0.5, 0.6) is 0 Å². The normalized spacial score (nSPS) is 11.0. The van der Waals surface area contributed by atoms with Gasteiger partial charge in [0.25, 0.3) is 5.92 Å². The van der Waals surface area contributed by atoms with Gasteiger partial charge in [-0.25, -0.2) is 8.78 Å². The maximum atomic E-state index is 12.9. The molecule has 68 valence electrons. The predicted molar refractivity (Wildman–Crippen MR) is 45.5 cm³/mol. The van der Waals surface area contributed by atoms with Gasteiger partial charge in [0.05, 0.1) is 11.6 Å². The highest BCUT2D eigenvalue weighted by Gasteiger charge is 2.25. The van der Waals surface area contributed by atoms with Crippen LogP contribution >= 0.6 is 0 Å². The van der Waals surface area contributed by atoms with Crippen LogP contribution in [-0.4, -0.2) is 0 Å². The Labute approximate surface area is 75.6 Å². The Morgan fingerprint density at radius 1 is 1.38 bits per heavy atom. The van der Waals surface area contributed by atoms with Crippen molar-refractivity contribution in [1.29, 1.82) is 5.26 Å². The molecule has 13 heavy (non-hydrogen) atoms. The van der Waals surface area contributed by atoms with E-state index in [4.69, 9.17) is 5.26 Å². The zero-order valence-corrected chi connectivity index (χ0v) is 7.44. The standard InChI is InChI=1S/C10H9F2N/c1-7-5-8(6-13)3-4-9(7)10(2,11)12/h3-5H,1-2H3. The summed E-state index contributed by atoms with van der Waals surface area (Å²) in [5.74, 6) is -2.84. The molecule has 0 saturated heterocycles. The molecule has 0 aliphatic carbocycles. The second kappa shape index (κ2) is 3.14. The second-order valence-corrected chi connectivity index (χ2v) is 3.03. The van der Waals surface area contributed by atoms with Crippen molar-refractivity contribution in [2.75, 3.05) is 0 Å². The fourth-order valence-electron chi connectivity index (χ4n) is 1.23. The van der Waals surface area contributed by atoms with E-state index in [1.807, 2.05) is 6.07 Å². The molecule has 3 heteroatoms. The van der Waals surface area contributed by atoms with Gasteiger partial charge in [0.15, 0.2) is 0 Å². The minimum Gasteiger partial charge on any atom is -0.202 e. The van der Waals surface area contributed by atoms with E-state index in [1.165, 1.54) is 18.2 Å². The molecule has 0 atom stereocenters. The molecule has 0 unspecified atom stereocenters. The van der Waals surface area contributed by atoms with Crippen LogP contribution in [0, 0.1) is 18.3 Å². The van der Waals surface area contributed by atoms with Gasteiger partial charge in [-0.05, 0) is 24.6 Å². The van der Waals surface area contributed by atoms with E-state index in [-0.39, 0.29) is 5.56 Å². The quantitative estimate of drug-likeness (QED) is 0.653. The minimum absolute atomic E-state index is 0.0218. The van der Waals surface area contributed by atoms with E-state index in [1.54, 1.807) is 6.92 Å². The van der Waals surface area contributed by atoms with Crippen LogP contribution in [-0.2, 0) is 5.92 Å². The minimum atomic E-state index is -2.84. The zero-order valence-electron chi connectivity index (χ0n) is 7.44. The van der Waals surface area contributed by atoms with E-state index in [2.05, 4.69) is 0 Å². The Morgan fingerprint density at radius 2 is 2.00 bits per heavy atom. The van der Waals surface area contributed by atoms with Gasteiger partial charge in [-0.15, -0.1) is 0 Å². The van der Waals surface area contributed by atoms with Gasteiger partial charge in [-0.3, -0.25) is 0 Å². The molecule has 1 aromatic rings. The van der Waals surface area contributed by atoms with Gasteiger partial charge < -0.3 is 0 Å². The van der Waals surface area contributed by atoms with E-state index in [9.17, 15) is 8.78 Å². The summed E-state index contributed by atoms with van der Waals surface area (Å²) in [6, 6.07) is 6.07. The lowest BCUT2D eigenvalue weighted by atomic mass is 10.0. The van der Waals surface area contributed by atoms with Crippen molar-refractivity contribution in [2.24, 2.45) is 0 Å². The molecule has 1 rings (SSSR count). The van der Waals surface area contributed by atoms with Gasteiger partial charge >= 0.3 is 0 Å². The summed E-state index contributed by atoms with van der Waals surface area (Å²) in [5.41, 5.74) is 0.837. The average Bonchev–Trinajstić information content (AvgIpc) is 2.01. The molecule has 0 fully saturated rings. The molecule has 0 amide bonds. The van der Waals surface area contributed by atoms with Crippen molar-refractivity contribution in [2.45, 2.75) is 19.8 Å². The molecule has 0 saturated carbocycles. The molecule has 1 aromatic carbocycles. The van der Waals surface area contributed by atoms with Gasteiger partial charge in [-0.2, -0.15) is 5.26 Å². The van der Waals surface area contributed by atoms with Crippen LogP contribution < -0.4 is 0 Å². The number of nitriles is 1. The first-order chi connectivity index (χ1) is 5.95. The molecule has 0 radical (unpaired) electrons. The third-order valence-electron chi connectivity index (χ3n) is 1.83. The molecule has 0 aliphatic rings. The molecule has 0 spiro atoms. The number of alkyl halides is 2. The summed E-state index contributed by atoms with van der Waals surface area (Å²) >= 11 is 0. The highest BCUT2D eigenvalue weighted by molar-refractivity contribution is 5.39. The summed E-state index contributed by atoms with van der Waals surface area (Å²) in [6.45, 7) is 2.43. The van der Waals surface area contributed by atoms with Crippen LogP contribution in [0.25, 0.3) is 0 Å². The molecule has 0 heterocycles. The number of aryl methyl sites for hydroxylation is 1. The predicted octanol–water partition coefficient (Wildman–Crippen LogP) is 2.98. The number of benzene rings is 1. The number of hydrogen-bond acceptors (Lipinski definition) is 1. The third-order valence-corrected chi connectivity index (χ3v) is 1.83. The first kappa shape index (κ1) is 9.66. The van der Waals surface area contributed by atoms with E-state index >= 15 is 0 Å². The highest BCUT2D eigenvalue weighted by Crippen LogP contribution is 2.29. The van der Waals surface area contributed by atoms with Crippen LogP contribution in [0.1, 0.15) is 23.6 Å². The summed E-state index contributed by atoms with van der Waals surface area (Å²) in [6.07, 6.45) is 0. The highest BCUT2D eigenvalue weighted by atomic mass is 19.3. The van der Waals surface area contributed by atoms with Gasteiger partial charge in [0.2, 0.25) is 0 Å². The fourth-order valence-corrected chi connectivity index (χ4v) is 1.23. The average molecular weight is 181 g/mol. The van der Waals surface area contributed by atoms with Crippen molar-refractivity contribution < 1.29 is 8.78 Å². The summed E-state index contributed by atoms with van der Waals surface area (Å²) < 4.78 is 25.7. The van der Waals surface area contributed by atoms with E-state index in [0.29, 0.717) is 11.1 Å². The topological polar surface area (TPSA) is 23.8 Å². The number of nitrogens with zero attached hydrogens (tertiary/aromatic N) is 1. The van der Waals surface area contributed by atoms with E-state index < -0.39 is 5.92 Å². The lowest BCUT2D eigenvalue weighted by Gasteiger charge is -2.13. The van der Waals surface area contributed by atoms with Crippen molar-refractivity contribution in [3.63, 3.8) is 0 Å². The van der Waals surface area contributed by atoms with Crippen LogP contribution in [0.2, 0.25) is 0 Å². The molecule has 0 aromatic heterocycles. The number of rotatable bonds is 1. The molecule has 0 bridgehead atoms. The van der Waals surface area contributed by atoms with Crippen molar-refractivity contribution in [1.82, 2.24) is 0 Å². The Hall–Kier alpha value is -1.43. The molecular formula is C10H9F2N. The lowest BCUT2D eigenvalue weighted by molar-refractivity contribution is 0.0168. The number of halogens is 2. The Kier molecular flexibility index (Phi) is 2.33. The van der Waals surface area contributed by atoms with Crippen LogP contribution in [0.15, 0.2) is 18.2 Å². The van der Waals surface area contributed by atoms with Crippen LogP contribution in [0.4, 0.5) is 8.78 Å². The summed E-state index contributed by atoms with van der Waals surface area (Å²) in [7, 11) is 0. The maximum absolute atomic E-state index is 12.9.